The summed E-state index contributed by atoms with van der Waals surface area (Å²) in [6, 6.07) is 9.56. The molecule has 0 aliphatic carbocycles. The number of likely N-dealkylation sites (tertiary alicyclic amines) is 1. The summed E-state index contributed by atoms with van der Waals surface area (Å²) >= 11 is 0.661. The van der Waals surface area contributed by atoms with E-state index in [4.69, 9.17) is 4.74 Å². The number of imide groups is 1. The van der Waals surface area contributed by atoms with Gasteiger partial charge in [0.05, 0.1) is 9.83 Å². The Morgan fingerprint density at radius 2 is 1.85 bits per heavy atom. The lowest BCUT2D eigenvalue weighted by Gasteiger charge is -2.18. The number of thioether (sulfide) groups is 1. The number of halogens is 1. The highest BCUT2D eigenvalue weighted by Gasteiger charge is 2.37. The second-order valence-electron chi connectivity index (χ2n) is 7.75. The van der Waals surface area contributed by atoms with Gasteiger partial charge in [0.15, 0.2) is 0 Å². The Morgan fingerprint density at radius 3 is 2.53 bits per heavy atom. The second-order valence-corrected chi connectivity index (χ2v) is 8.74. The topological polar surface area (TPSA) is 110 Å². The number of non-ortho nitro benzene ring substituents is 1. The molecule has 0 atom stereocenters. The van der Waals surface area contributed by atoms with E-state index in [0.29, 0.717) is 30.4 Å². The molecule has 2 aliphatic heterocycles. The van der Waals surface area contributed by atoms with Crippen molar-refractivity contribution in [3.63, 3.8) is 0 Å². The monoisotopic (exact) mass is 485 g/mol. The largest absolute Gasteiger partial charge is 0.488 e. The molecule has 2 aromatic rings. The molecule has 2 saturated heterocycles. The molecule has 0 spiro atoms. The van der Waals surface area contributed by atoms with Gasteiger partial charge in [-0.3, -0.25) is 29.4 Å². The van der Waals surface area contributed by atoms with Gasteiger partial charge in [-0.2, -0.15) is 0 Å². The summed E-state index contributed by atoms with van der Waals surface area (Å²) in [5.41, 5.74) is 0.683. The van der Waals surface area contributed by atoms with Crippen LogP contribution in [-0.4, -0.2) is 51.4 Å². The number of hydrogen-bond donors (Lipinski definition) is 0. The van der Waals surface area contributed by atoms with E-state index in [1.54, 1.807) is 17.0 Å². The Balaban J connectivity index is 1.56. The summed E-state index contributed by atoms with van der Waals surface area (Å²) < 4.78 is 18.9. The third-order valence-electron chi connectivity index (χ3n) is 5.42. The maximum atomic E-state index is 13.1. The number of hydrogen-bond acceptors (Lipinski definition) is 7. The second kappa shape index (κ2) is 10.0. The van der Waals surface area contributed by atoms with Crippen LogP contribution in [0.5, 0.6) is 5.75 Å². The normalized spacial score (nSPS) is 17.0. The van der Waals surface area contributed by atoms with Gasteiger partial charge in [0.2, 0.25) is 5.91 Å². The lowest BCUT2D eigenvalue weighted by atomic mass is 10.1. The van der Waals surface area contributed by atoms with Gasteiger partial charge in [0.1, 0.15) is 24.7 Å². The molecule has 11 heteroatoms. The Hall–Kier alpha value is -3.73. The number of ether oxygens (including phenoxy) is 1. The first kappa shape index (κ1) is 23.4. The van der Waals surface area contributed by atoms with Crippen molar-refractivity contribution in [2.24, 2.45) is 0 Å². The number of nitro benzene ring substituents is 1. The van der Waals surface area contributed by atoms with Gasteiger partial charge in [0, 0.05) is 30.8 Å². The van der Waals surface area contributed by atoms with Crippen molar-refractivity contribution in [1.29, 1.82) is 0 Å². The number of amides is 3. The molecule has 2 aliphatic rings. The summed E-state index contributed by atoms with van der Waals surface area (Å²) in [5, 5.41) is 10.7. The lowest BCUT2D eigenvalue weighted by molar-refractivity contribution is -0.384. The van der Waals surface area contributed by atoms with Crippen LogP contribution in [0.25, 0.3) is 6.08 Å². The van der Waals surface area contributed by atoms with Crippen molar-refractivity contribution in [2.45, 2.75) is 19.4 Å². The maximum Gasteiger partial charge on any atom is 0.294 e. The summed E-state index contributed by atoms with van der Waals surface area (Å²) in [7, 11) is 0. The van der Waals surface area contributed by atoms with Crippen molar-refractivity contribution in [1.82, 2.24) is 9.80 Å². The van der Waals surface area contributed by atoms with Crippen LogP contribution < -0.4 is 4.74 Å². The number of rotatable bonds is 7. The maximum absolute atomic E-state index is 13.1. The Morgan fingerprint density at radius 1 is 1.15 bits per heavy atom. The highest BCUT2D eigenvalue weighted by molar-refractivity contribution is 8.18. The predicted octanol–water partition coefficient (Wildman–Crippen LogP) is 3.97. The fourth-order valence-electron chi connectivity index (χ4n) is 3.61. The zero-order valence-electron chi connectivity index (χ0n) is 17.9. The molecule has 0 saturated carbocycles. The molecule has 2 heterocycles. The molecule has 2 aromatic carbocycles. The Kier molecular flexibility index (Phi) is 6.92. The minimum Gasteiger partial charge on any atom is -0.488 e. The van der Waals surface area contributed by atoms with E-state index >= 15 is 0 Å². The van der Waals surface area contributed by atoms with Crippen molar-refractivity contribution in [3.05, 3.63) is 74.4 Å². The van der Waals surface area contributed by atoms with Crippen LogP contribution in [0.3, 0.4) is 0 Å². The van der Waals surface area contributed by atoms with Gasteiger partial charge in [-0.05, 0) is 54.4 Å². The average Bonchev–Trinajstić information content (AvgIpc) is 3.44. The summed E-state index contributed by atoms with van der Waals surface area (Å²) in [6.45, 7) is 0.927. The molecule has 0 radical (unpaired) electrons. The number of nitrogens with zero attached hydrogens (tertiary/aromatic N) is 3. The molecule has 0 aromatic heterocycles. The van der Waals surface area contributed by atoms with Gasteiger partial charge < -0.3 is 9.64 Å². The van der Waals surface area contributed by atoms with Crippen LogP contribution in [0, 0.1) is 15.9 Å². The van der Waals surface area contributed by atoms with E-state index < -0.39 is 21.9 Å². The van der Waals surface area contributed by atoms with Crippen LogP contribution in [0.1, 0.15) is 24.0 Å². The fraction of sp³-hybridized carbons (Fsp3) is 0.261. The minimum absolute atomic E-state index is 0.0337. The molecule has 0 bridgehead atoms. The highest BCUT2D eigenvalue weighted by atomic mass is 32.2. The summed E-state index contributed by atoms with van der Waals surface area (Å²) in [4.78, 5) is 50.9. The number of carbonyl (C=O) groups excluding carboxylic acids is 3. The number of nitro groups is 1. The third kappa shape index (κ3) is 5.25. The van der Waals surface area contributed by atoms with E-state index in [9.17, 15) is 28.9 Å². The van der Waals surface area contributed by atoms with Crippen LogP contribution >= 0.6 is 11.8 Å². The van der Waals surface area contributed by atoms with E-state index in [2.05, 4.69) is 0 Å². The molecule has 0 unspecified atom stereocenters. The summed E-state index contributed by atoms with van der Waals surface area (Å²) in [6.07, 6.45) is 3.13. The summed E-state index contributed by atoms with van der Waals surface area (Å²) in [5.74, 6) is -1.08. The van der Waals surface area contributed by atoms with E-state index in [-0.39, 0.29) is 41.0 Å². The molecule has 0 N–H and O–H groups in total. The standard InChI is InChI=1S/C23H20FN3O6S/c24-17-5-3-15(4-6-17)14-33-19-8-7-18(27(31)32)11-16(19)12-20-22(29)26(23(30)34-20)13-21(28)25-9-1-2-10-25/h3-8,11-12H,1-2,9-10,13-14H2/b20-12-. The van der Waals surface area contributed by atoms with Crippen molar-refractivity contribution < 1.29 is 28.4 Å². The zero-order chi connectivity index (χ0) is 24.2. The Labute approximate surface area is 198 Å². The smallest absolute Gasteiger partial charge is 0.294 e. The molecular weight excluding hydrogens is 465 g/mol. The molecule has 34 heavy (non-hydrogen) atoms. The van der Waals surface area contributed by atoms with Gasteiger partial charge in [-0.1, -0.05) is 12.1 Å². The quantitative estimate of drug-likeness (QED) is 0.332. The van der Waals surface area contributed by atoms with Gasteiger partial charge in [-0.15, -0.1) is 0 Å². The number of carbonyl (C=O) groups is 3. The van der Waals surface area contributed by atoms with Gasteiger partial charge in [-0.25, -0.2) is 4.39 Å². The Bertz CT molecular complexity index is 1180. The SMILES string of the molecule is O=C(CN1C(=O)S/C(=C\c2cc([N+](=O)[O-])ccc2OCc2ccc(F)cc2)C1=O)N1CCCC1. The number of benzene rings is 2. The van der Waals surface area contributed by atoms with Crippen LogP contribution in [0.2, 0.25) is 0 Å². The molecule has 3 amide bonds. The first-order valence-corrected chi connectivity index (χ1v) is 11.3. The average molecular weight is 485 g/mol. The molecule has 176 valence electrons. The highest BCUT2D eigenvalue weighted by Crippen LogP contribution is 2.35. The third-order valence-corrected chi connectivity index (χ3v) is 6.33. The molecule has 9 nitrogen and oxygen atoms in total. The van der Waals surface area contributed by atoms with Crippen LogP contribution in [-0.2, 0) is 16.2 Å². The fourth-order valence-corrected chi connectivity index (χ4v) is 4.44. The predicted molar refractivity (Wildman–Crippen MR) is 122 cm³/mol. The van der Waals surface area contributed by atoms with Gasteiger partial charge in [0.25, 0.3) is 16.8 Å². The molecule has 4 rings (SSSR count). The van der Waals surface area contributed by atoms with Crippen molar-refractivity contribution >= 4 is 40.6 Å². The first-order valence-electron chi connectivity index (χ1n) is 10.5. The van der Waals surface area contributed by atoms with E-state index in [1.165, 1.54) is 36.4 Å². The van der Waals surface area contributed by atoms with E-state index in [0.717, 1.165) is 17.7 Å². The van der Waals surface area contributed by atoms with Crippen molar-refractivity contribution in [3.8, 4) is 5.75 Å². The first-order chi connectivity index (χ1) is 16.3. The lowest BCUT2D eigenvalue weighted by Crippen LogP contribution is -2.40. The van der Waals surface area contributed by atoms with Crippen LogP contribution in [0.15, 0.2) is 47.4 Å². The van der Waals surface area contributed by atoms with Gasteiger partial charge >= 0.3 is 0 Å². The zero-order valence-corrected chi connectivity index (χ0v) is 18.8. The van der Waals surface area contributed by atoms with E-state index in [1.807, 2.05) is 0 Å². The van der Waals surface area contributed by atoms with Crippen molar-refractivity contribution in [2.75, 3.05) is 19.6 Å². The molecular formula is C23H20FN3O6S. The minimum atomic E-state index is -0.640. The van der Waals surface area contributed by atoms with Crippen LogP contribution in [0.4, 0.5) is 14.9 Å². The molecule has 2 fully saturated rings.